The average molecular weight is 271 g/mol. The van der Waals surface area contributed by atoms with Crippen LogP contribution in [0.25, 0.3) is 11.5 Å². The van der Waals surface area contributed by atoms with Gasteiger partial charge in [-0.25, -0.2) is 9.66 Å². The zero-order valence-electron chi connectivity index (χ0n) is 8.82. The maximum Gasteiger partial charge on any atom is 0.313 e. The summed E-state index contributed by atoms with van der Waals surface area (Å²) in [5.74, 6) is 5.17. The molecule has 2 aromatic rings. The highest BCUT2D eigenvalue weighted by molar-refractivity contribution is 7.99. The molecular formula is C8H9N5O2S2. The van der Waals surface area contributed by atoms with E-state index in [0.717, 1.165) is 16.8 Å². The van der Waals surface area contributed by atoms with Crippen molar-refractivity contribution < 1.29 is 9.90 Å². The van der Waals surface area contributed by atoms with E-state index in [0.29, 0.717) is 16.7 Å². The van der Waals surface area contributed by atoms with Crippen molar-refractivity contribution in [3.05, 3.63) is 10.4 Å². The van der Waals surface area contributed by atoms with Gasteiger partial charge in [0.2, 0.25) is 11.0 Å². The van der Waals surface area contributed by atoms with Crippen LogP contribution in [0, 0.1) is 6.92 Å². The number of carboxylic acid groups (broad SMARTS) is 1. The van der Waals surface area contributed by atoms with E-state index >= 15 is 0 Å². The first kappa shape index (κ1) is 11.9. The maximum absolute atomic E-state index is 10.4. The number of thioether (sulfide) groups is 1. The molecule has 2 heterocycles. The van der Waals surface area contributed by atoms with Gasteiger partial charge in [0, 0.05) is 5.38 Å². The standard InChI is InChI=1S/C8H9N5O2S2/c1-4-10-5(2-16-4)7-11-12-8(13(7)9)17-3-6(14)15/h2H,3,9H2,1H3,(H,14,15). The number of thiazole rings is 1. The molecule has 9 heteroatoms. The normalized spacial score (nSPS) is 10.6. The van der Waals surface area contributed by atoms with Crippen LogP contribution < -0.4 is 5.84 Å². The van der Waals surface area contributed by atoms with Crippen LogP contribution in [0.3, 0.4) is 0 Å². The number of carboxylic acids is 1. The summed E-state index contributed by atoms with van der Waals surface area (Å²) in [5.41, 5.74) is 0.643. The SMILES string of the molecule is Cc1nc(-c2nnc(SCC(=O)O)n2N)cs1. The molecule has 0 aliphatic heterocycles. The summed E-state index contributed by atoms with van der Waals surface area (Å²) in [7, 11) is 0. The van der Waals surface area contributed by atoms with E-state index < -0.39 is 5.97 Å². The van der Waals surface area contributed by atoms with Gasteiger partial charge in [-0.05, 0) is 6.92 Å². The van der Waals surface area contributed by atoms with Crippen molar-refractivity contribution in [1.82, 2.24) is 19.9 Å². The topological polar surface area (TPSA) is 107 Å². The Hall–Kier alpha value is -1.61. The Morgan fingerprint density at radius 3 is 3.00 bits per heavy atom. The molecular weight excluding hydrogens is 262 g/mol. The molecule has 2 rings (SSSR count). The van der Waals surface area contributed by atoms with E-state index in [9.17, 15) is 4.79 Å². The Kier molecular flexibility index (Phi) is 3.29. The van der Waals surface area contributed by atoms with Crippen LogP contribution in [-0.2, 0) is 4.79 Å². The molecule has 0 aliphatic rings. The van der Waals surface area contributed by atoms with E-state index in [1.54, 1.807) is 0 Å². The summed E-state index contributed by atoms with van der Waals surface area (Å²) in [6.07, 6.45) is 0. The van der Waals surface area contributed by atoms with Crippen LogP contribution in [0.2, 0.25) is 0 Å². The Balaban J connectivity index is 2.23. The van der Waals surface area contributed by atoms with Gasteiger partial charge in [-0.15, -0.1) is 21.5 Å². The highest BCUT2D eigenvalue weighted by Gasteiger charge is 2.15. The van der Waals surface area contributed by atoms with Crippen LogP contribution in [0.5, 0.6) is 0 Å². The van der Waals surface area contributed by atoms with Gasteiger partial charge in [-0.2, -0.15) is 0 Å². The van der Waals surface area contributed by atoms with Crippen molar-refractivity contribution in [1.29, 1.82) is 0 Å². The molecule has 0 unspecified atom stereocenters. The quantitative estimate of drug-likeness (QED) is 0.619. The number of nitrogens with two attached hydrogens (primary N) is 1. The fourth-order valence-corrected chi connectivity index (χ4v) is 2.31. The van der Waals surface area contributed by atoms with Gasteiger partial charge in [0.1, 0.15) is 5.69 Å². The zero-order valence-corrected chi connectivity index (χ0v) is 10.5. The van der Waals surface area contributed by atoms with Crippen LogP contribution >= 0.6 is 23.1 Å². The van der Waals surface area contributed by atoms with Gasteiger partial charge in [-0.3, -0.25) is 4.79 Å². The first-order chi connectivity index (χ1) is 8.08. The molecule has 0 bridgehead atoms. The first-order valence-corrected chi connectivity index (χ1v) is 6.42. The molecule has 0 radical (unpaired) electrons. The summed E-state index contributed by atoms with van der Waals surface area (Å²) >= 11 is 2.50. The highest BCUT2D eigenvalue weighted by atomic mass is 32.2. The number of aryl methyl sites for hydroxylation is 1. The Bertz CT molecular complexity index is 550. The fraction of sp³-hybridized carbons (Fsp3) is 0.250. The number of aromatic nitrogens is 4. The van der Waals surface area contributed by atoms with Crippen molar-refractivity contribution in [3.8, 4) is 11.5 Å². The highest BCUT2D eigenvalue weighted by Crippen LogP contribution is 2.22. The van der Waals surface area contributed by atoms with Crippen molar-refractivity contribution >= 4 is 29.1 Å². The number of hydrogen-bond acceptors (Lipinski definition) is 7. The lowest BCUT2D eigenvalue weighted by molar-refractivity contribution is -0.133. The van der Waals surface area contributed by atoms with Crippen molar-refractivity contribution in [2.24, 2.45) is 0 Å². The minimum Gasteiger partial charge on any atom is -0.481 e. The molecule has 0 spiro atoms. The van der Waals surface area contributed by atoms with E-state index in [1.165, 1.54) is 16.0 Å². The van der Waals surface area contributed by atoms with Gasteiger partial charge >= 0.3 is 5.97 Å². The van der Waals surface area contributed by atoms with Gasteiger partial charge in [0.05, 0.1) is 10.8 Å². The number of rotatable bonds is 4. The van der Waals surface area contributed by atoms with Crippen LogP contribution in [0.4, 0.5) is 0 Å². The summed E-state index contributed by atoms with van der Waals surface area (Å²) < 4.78 is 1.25. The smallest absolute Gasteiger partial charge is 0.313 e. The molecule has 2 aromatic heterocycles. The number of carbonyl (C=O) groups is 1. The summed E-state index contributed by atoms with van der Waals surface area (Å²) in [6.45, 7) is 1.88. The average Bonchev–Trinajstić information content (AvgIpc) is 2.82. The van der Waals surface area contributed by atoms with Gasteiger partial charge in [0.15, 0.2) is 0 Å². The minimum absolute atomic E-state index is 0.106. The van der Waals surface area contributed by atoms with Crippen LogP contribution in [-0.4, -0.2) is 36.7 Å². The maximum atomic E-state index is 10.4. The molecule has 0 saturated carbocycles. The van der Waals surface area contributed by atoms with E-state index in [-0.39, 0.29) is 5.75 Å². The summed E-state index contributed by atoms with van der Waals surface area (Å²) in [4.78, 5) is 14.7. The number of nitrogens with zero attached hydrogens (tertiary/aromatic N) is 4. The molecule has 0 saturated heterocycles. The van der Waals surface area contributed by atoms with Crippen molar-refractivity contribution in [3.63, 3.8) is 0 Å². The molecule has 0 fully saturated rings. The Labute approximate surface area is 105 Å². The molecule has 90 valence electrons. The molecule has 3 N–H and O–H groups in total. The second kappa shape index (κ2) is 4.72. The molecule has 7 nitrogen and oxygen atoms in total. The van der Waals surface area contributed by atoms with E-state index in [1.807, 2.05) is 12.3 Å². The third-order valence-corrected chi connectivity index (χ3v) is 3.54. The molecule has 17 heavy (non-hydrogen) atoms. The van der Waals surface area contributed by atoms with E-state index in [2.05, 4.69) is 15.2 Å². The van der Waals surface area contributed by atoms with Crippen LogP contribution in [0.1, 0.15) is 5.01 Å². The lowest BCUT2D eigenvalue weighted by Gasteiger charge is -1.99. The van der Waals surface area contributed by atoms with Crippen LogP contribution in [0.15, 0.2) is 10.5 Å². The lowest BCUT2D eigenvalue weighted by Crippen LogP contribution is -2.12. The summed E-state index contributed by atoms with van der Waals surface area (Å²) in [6, 6.07) is 0. The fourth-order valence-electron chi connectivity index (χ4n) is 1.14. The third-order valence-electron chi connectivity index (χ3n) is 1.84. The van der Waals surface area contributed by atoms with Gasteiger partial charge in [-0.1, -0.05) is 11.8 Å². The summed E-state index contributed by atoms with van der Waals surface area (Å²) in [5, 5.41) is 19.4. The zero-order chi connectivity index (χ0) is 12.4. The van der Waals surface area contributed by atoms with Gasteiger partial charge in [0.25, 0.3) is 0 Å². The van der Waals surface area contributed by atoms with Crippen molar-refractivity contribution in [2.75, 3.05) is 11.6 Å². The predicted molar refractivity (Wildman–Crippen MR) is 64.4 cm³/mol. The monoisotopic (exact) mass is 271 g/mol. The number of hydrogen-bond donors (Lipinski definition) is 2. The largest absolute Gasteiger partial charge is 0.481 e. The van der Waals surface area contributed by atoms with Crippen molar-refractivity contribution in [2.45, 2.75) is 12.1 Å². The second-order valence-corrected chi connectivity index (χ2v) is 5.12. The molecule has 0 aromatic carbocycles. The third kappa shape index (κ3) is 2.56. The minimum atomic E-state index is -0.927. The molecule has 0 atom stereocenters. The van der Waals surface area contributed by atoms with E-state index in [4.69, 9.17) is 10.9 Å². The molecule has 0 aliphatic carbocycles. The number of aliphatic carboxylic acids is 1. The molecule has 0 amide bonds. The Morgan fingerprint density at radius 1 is 1.65 bits per heavy atom. The van der Waals surface area contributed by atoms with Gasteiger partial charge < -0.3 is 10.9 Å². The lowest BCUT2D eigenvalue weighted by atomic mass is 10.5. The second-order valence-electron chi connectivity index (χ2n) is 3.11. The number of nitrogen functional groups attached to an aromatic ring is 1. The first-order valence-electron chi connectivity index (χ1n) is 4.55. The Morgan fingerprint density at radius 2 is 2.41 bits per heavy atom. The predicted octanol–water partition coefficient (Wildman–Crippen LogP) is 0.601.